The molecule has 7 aromatic rings. The molecule has 2 amide bonds. The summed E-state index contributed by atoms with van der Waals surface area (Å²) < 4.78 is 77.8. The van der Waals surface area contributed by atoms with E-state index in [0.29, 0.717) is 108 Å². The van der Waals surface area contributed by atoms with Crippen molar-refractivity contribution >= 4 is 164 Å². The lowest BCUT2D eigenvalue weighted by Gasteiger charge is -2.27. The van der Waals surface area contributed by atoms with Crippen LogP contribution in [0.3, 0.4) is 0 Å². The highest BCUT2D eigenvalue weighted by Crippen LogP contribution is 2.45. The Morgan fingerprint density at radius 3 is 1.22 bits per heavy atom. The number of hydrogen-bond acceptors (Lipinski definition) is 30. The molecule has 103 heavy (non-hydrogen) atoms. The van der Waals surface area contributed by atoms with Gasteiger partial charge < -0.3 is 65.5 Å². The van der Waals surface area contributed by atoms with Gasteiger partial charge in [-0.2, -0.15) is 41.8 Å². The molecule has 2 fully saturated rings. The highest BCUT2D eigenvalue weighted by molar-refractivity contribution is 7.86. The number of amides is 2. The fraction of sp³-hybridized carbons (Fsp3) is 0.388. The highest BCUT2D eigenvalue weighted by Gasteiger charge is 2.28. The van der Waals surface area contributed by atoms with Crippen LogP contribution in [-0.4, -0.2) is 177 Å². The number of benzene rings is 4. The number of methoxy groups -OCH3 is 2. The van der Waals surface area contributed by atoms with E-state index in [9.17, 15) is 55.3 Å². The number of hydrogen-bond donors (Lipinski definition) is 8. The molecular weight excluding hydrogens is 1410 g/mol. The summed E-state index contributed by atoms with van der Waals surface area (Å²) >= 11 is 2.17. The predicted molar refractivity (Wildman–Crippen MR) is 398 cm³/mol. The molecule has 3 aromatic heterocycles. The zero-order chi connectivity index (χ0) is 74.1. The Hall–Kier alpha value is -9.95. The van der Waals surface area contributed by atoms with Crippen LogP contribution in [0.25, 0.3) is 12.2 Å². The van der Waals surface area contributed by atoms with Gasteiger partial charge in [0.05, 0.1) is 80.9 Å². The molecule has 32 nitrogen and oxygen atoms in total. The quantitative estimate of drug-likeness (QED) is 0.00623. The summed E-state index contributed by atoms with van der Waals surface area (Å²) in [7, 11) is -5.96. The van der Waals surface area contributed by atoms with Gasteiger partial charge in [0.1, 0.15) is 34.5 Å². The van der Waals surface area contributed by atoms with Crippen molar-refractivity contribution in [3.8, 4) is 11.5 Å². The van der Waals surface area contributed by atoms with Gasteiger partial charge in [0.25, 0.3) is 32.1 Å². The number of piperidine rings is 2. The molecule has 5 heterocycles. The maximum atomic E-state index is 13.8. The van der Waals surface area contributed by atoms with E-state index in [0.717, 1.165) is 85.5 Å². The average Bonchev–Trinajstić information content (AvgIpc) is 0.935. The summed E-state index contributed by atoms with van der Waals surface area (Å²) in [5.41, 5.74) is 2.31. The molecule has 0 bridgehead atoms. The minimum Gasteiger partial charge on any atom is -0.494 e. The van der Waals surface area contributed by atoms with Crippen LogP contribution in [0.1, 0.15) is 89.8 Å². The van der Waals surface area contributed by atoms with Crippen molar-refractivity contribution in [2.75, 3.05) is 139 Å². The van der Waals surface area contributed by atoms with Crippen molar-refractivity contribution in [3.63, 3.8) is 0 Å². The first-order valence-corrected chi connectivity index (χ1v) is 37.7. The monoisotopic (exact) mass is 1490 g/mol. The van der Waals surface area contributed by atoms with E-state index in [4.69, 9.17) is 44.6 Å². The zero-order valence-electron chi connectivity index (χ0n) is 58.1. The van der Waals surface area contributed by atoms with Crippen LogP contribution in [0, 0.1) is 0 Å². The van der Waals surface area contributed by atoms with Crippen LogP contribution in [0.15, 0.2) is 114 Å². The molecule has 2 aliphatic heterocycles. The molecule has 0 atom stereocenters. The minimum atomic E-state index is -4.51. The van der Waals surface area contributed by atoms with Crippen molar-refractivity contribution in [2.45, 2.75) is 89.9 Å². The molecule has 0 spiro atoms. The van der Waals surface area contributed by atoms with E-state index in [1.54, 1.807) is 29.2 Å². The molecule has 2 saturated heterocycles. The van der Waals surface area contributed by atoms with Crippen LogP contribution in [0.2, 0.25) is 0 Å². The van der Waals surface area contributed by atoms with Crippen LogP contribution in [0.5, 0.6) is 11.5 Å². The van der Waals surface area contributed by atoms with Gasteiger partial charge in [-0.15, -0.1) is 20.5 Å². The van der Waals surface area contributed by atoms with E-state index in [-0.39, 0.29) is 98.1 Å². The van der Waals surface area contributed by atoms with Crippen molar-refractivity contribution in [2.24, 2.45) is 20.5 Å². The molecule has 0 radical (unpaired) electrons. The Morgan fingerprint density at radius 1 is 0.534 bits per heavy atom. The second kappa shape index (κ2) is 35.3. The SMILES string of the molecule is CCN(CC)c1cc(Nc2nc(Nc3cc(N(CC)CC)c(OC)cc3N=Nc3nc(N4CCCCC4)c(/C=C(\C(C)=O)C(=O)Nc4ccc(S(=O)(=O)O)cc4)s3)nc(N(CCO)CCO)n2)c(N=Nc2nc(N3CCCCC3)c(/C=C(/C(C)=O)C(=O)Nc3ccc(S(=O)(=O)O)cc3)s2)cc1OC. The van der Waals surface area contributed by atoms with E-state index in [1.807, 2.05) is 27.7 Å². The van der Waals surface area contributed by atoms with Crippen molar-refractivity contribution in [1.82, 2.24) is 24.9 Å². The lowest BCUT2D eigenvalue weighted by Crippen LogP contribution is -2.31. The maximum absolute atomic E-state index is 13.8. The Bertz CT molecular complexity index is 4290. The number of Topliss-reactive ketones (excluding diaryl/α,β-unsaturated/α-hetero) is 2. The number of carbonyl (C=O) groups excluding carboxylic acids is 4. The number of nitrogens with zero attached hydrogens (tertiary/aromatic N) is 14. The lowest BCUT2D eigenvalue weighted by molar-refractivity contribution is -0.120. The van der Waals surface area contributed by atoms with E-state index in [1.165, 1.54) is 64.5 Å². The first kappa shape index (κ1) is 77.2. The van der Waals surface area contributed by atoms with Gasteiger partial charge in [-0.05, 0) is 153 Å². The summed E-state index contributed by atoms with van der Waals surface area (Å²) in [5.74, 6) is -0.909. The van der Waals surface area contributed by atoms with Gasteiger partial charge in [-0.1, -0.05) is 22.7 Å². The first-order valence-electron chi connectivity index (χ1n) is 33.2. The first-order chi connectivity index (χ1) is 49.4. The van der Waals surface area contributed by atoms with Crippen molar-refractivity contribution < 1.29 is 64.8 Å². The predicted octanol–water partition coefficient (Wildman–Crippen LogP) is 11.3. The summed E-state index contributed by atoms with van der Waals surface area (Å²) in [6, 6.07) is 16.6. The van der Waals surface area contributed by atoms with Crippen molar-refractivity contribution in [1.29, 1.82) is 0 Å². The molecule has 2 aliphatic rings. The third-order valence-electron chi connectivity index (χ3n) is 16.6. The molecule has 9 rings (SSSR count). The highest BCUT2D eigenvalue weighted by atomic mass is 32.2. The molecular formula is C67H82N18O14S4. The minimum absolute atomic E-state index is 0.00141. The number of aromatic nitrogens is 5. The Morgan fingerprint density at radius 2 is 0.903 bits per heavy atom. The molecule has 4 aromatic carbocycles. The third kappa shape index (κ3) is 19.8. The largest absolute Gasteiger partial charge is 0.494 e. The number of aliphatic hydroxyl groups is 2. The molecule has 0 aliphatic carbocycles. The zero-order valence-corrected chi connectivity index (χ0v) is 61.3. The van der Waals surface area contributed by atoms with Gasteiger partial charge in [0.15, 0.2) is 11.6 Å². The third-order valence-corrected chi connectivity index (χ3v) is 20.1. The number of nitrogens with one attached hydrogen (secondary N) is 4. The number of ether oxygens (including phenoxy) is 2. The second-order valence-corrected chi connectivity index (χ2v) is 28.3. The van der Waals surface area contributed by atoms with Gasteiger partial charge in [0.2, 0.25) is 28.1 Å². The summed E-state index contributed by atoms with van der Waals surface area (Å²) in [6.45, 7) is 14.6. The maximum Gasteiger partial charge on any atom is 0.294 e. The van der Waals surface area contributed by atoms with Gasteiger partial charge in [-0.25, -0.2) is 0 Å². The number of anilines is 11. The van der Waals surface area contributed by atoms with E-state index in [2.05, 4.69) is 51.1 Å². The number of ketones is 2. The number of aliphatic hydroxyl groups excluding tert-OH is 2. The Labute approximate surface area is 604 Å². The lowest BCUT2D eigenvalue weighted by atomic mass is 10.1. The summed E-state index contributed by atoms with van der Waals surface area (Å²) in [6.07, 6.45) is 8.31. The fourth-order valence-corrected chi connectivity index (χ4v) is 14.0. The number of azo groups is 2. The van der Waals surface area contributed by atoms with E-state index < -0.39 is 43.6 Å². The van der Waals surface area contributed by atoms with Crippen LogP contribution >= 0.6 is 22.7 Å². The van der Waals surface area contributed by atoms with Gasteiger partial charge in [-0.3, -0.25) is 28.3 Å². The molecule has 0 saturated carbocycles. The number of rotatable bonds is 33. The average molecular weight is 1490 g/mol. The van der Waals surface area contributed by atoms with Crippen LogP contribution in [0.4, 0.5) is 85.2 Å². The normalized spacial score (nSPS) is 13.9. The van der Waals surface area contributed by atoms with Crippen LogP contribution < -0.4 is 55.2 Å². The summed E-state index contributed by atoms with van der Waals surface area (Å²) in [5, 5.41) is 51.9. The van der Waals surface area contributed by atoms with Crippen LogP contribution in [-0.2, 0) is 39.4 Å². The molecule has 548 valence electrons. The molecule has 0 unspecified atom stereocenters. The standard InChI is InChI=1S/C67H82N18O14S4/c1-9-81(10-2)53-37-49(51(39-55(53)98-7)77-79-66-72-59(83-27-15-13-16-28-83)57(100-66)35-47(41(5)88)61(90)68-43-19-23-45(24-20-43)102(92,93)94)70-63-74-64(76-65(75-63)85(31-33-86)32-34-87)71-50-38-54(82(11-3)12-4)56(99-8)40-52(50)78-80-67-73-60(84-29-17-14-18-30-84)58(101-67)36-48(42(6)89)62(91)69-44-21-25-46(26-22-44)103(95,96)97/h19-26,35-40,86-87H,9-18,27-34H2,1-8H3,(H,68,90)(H,69,91)(H,92,93,94)(H,95,96,97)(H2,70,71,74,75,76)/b47-35-,48-36+,79-77?,80-78?. The topological polar surface area (TPSA) is 414 Å². The second-order valence-electron chi connectivity index (χ2n) is 23.4. The Balaban J connectivity index is 1.13. The Kier molecular flexibility index (Phi) is 26.5. The molecule has 36 heteroatoms. The smallest absolute Gasteiger partial charge is 0.294 e. The van der Waals surface area contributed by atoms with Gasteiger partial charge in [0, 0.05) is 89.0 Å². The van der Waals surface area contributed by atoms with Crippen molar-refractivity contribution in [3.05, 3.63) is 93.7 Å². The molecule has 8 N–H and O–H groups in total. The number of thiazole rings is 2. The fourth-order valence-electron chi connectivity index (χ4n) is 11.3. The summed E-state index contributed by atoms with van der Waals surface area (Å²) in [4.78, 5) is 88.6. The number of carbonyl (C=O) groups is 4. The van der Waals surface area contributed by atoms with E-state index >= 15 is 0 Å². The van der Waals surface area contributed by atoms with Gasteiger partial charge >= 0.3 is 0 Å².